The third-order valence-electron chi connectivity index (χ3n) is 4.67. The third kappa shape index (κ3) is 3.66. The zero-order valence-corrected chi connectivity index (χ0v) is 14.6. The predicted octanol–water partition coefficient (Wildman–Crippen LogP) is 0.890. The number of rotatable bonds is 4. The first-order chi connectivity index (χ1) is 11.4. The first-order valence-corrected chi connectivity index (χ1v) is 8.56. The van der Waals surface area contributed by atoms with E-state index in [1.807, 2.05) is 26.0 Å². The van der Waals surface area contributed by atoms with E-state index in [0.29, 0.717) is 19.1 Å². The van der Waals surface area contributed by atoms with E-state index >= 15 is 0 Å². The number of piperazine rings is 1. The van der Waals surface area contributed by atoms with Crippen LogP contribution in [0.4, 0.5) is 0 Å². The third-order valence-corrected chi connectivity index (χ3v) is 4.67. The van der Waals surface area contributed by atoms with Crippen LogP contribution in [0.1, 0.15) is 25.1 Å². The molecular formula is C18H26N4O2. The van der Waals surface area contributed by atoms with Crippen LogP contribution in [0.25, 0.3) is 5.65 Å². The van der Waals surface area contributed by atoms with Crippen LogP contribution in [0.2, 0.25) is 0 Å². The van der Waals surface area contributed by atoms with Crippen LogP contribution in [0.5, 0.6) is 0 Å². The Kier molecular flexibility index (Phi) is 4.99. The second-order valence-corrected chi connectivity index (χ2v) is 6.90. The molecule has 0 amide bonds. The van der Waals surface area contributed by atoms with Crippen LogP contribution in [0.3, 0.4) is 0 Å². The fraction of sp³-hybridized carbons (Fsp3) is 0.556. The minimum atomic E-state index is -0.302. The van der Waals surface area contributed by atoms with E-state index in [1.165, 1.54) is 0 Å². The Morgan fingerprint density at radius 1 is 1.42 bits per heavy atom. The van der Waals surface area contributed by atoms with E-state index in [9.17, 15) is 9.90 Å². The molecule has 3 heterocycles. The molecule has 1 aliphatic rings. The maximum atomic E-state index is 12.3. The van der Waals surface area contributed by atoms with Crippen LogP contribution in [-0.4, -0.2) is 62.6 Å². The Morgan fingerprint density at radius 3 is 2.92 bits per heavy atom. The average Bonchev–Trinajstić information content (AvgIpc) is 2.51. The second-order valence-electron chi connectivity index (χ2n) is 6.90. The molecule has 0 aliphatic carbocycles. The Bertz CT molecular complexity index is 771. The maximum Gasteiger partial charge on any atom is 0.258 e. The van der Waals surface area contributed by atoms with E-state index < -0.39 is 0 Å². The zero-order chi connectivity index (χ0) is 17.3. The van der Waals surface area contributed by atoms with Crippen LogP contribution in [0.15, 0.2) is 29.2 Å². The molecule has 0 bridgehead atoms. The van der Waals surface area contributed by atoms with Gasteiger partial charge >= 0.3 is 0 Å². The zero-order valence-electron chi connectivity index (χ0n) is 14.6. The van der Waals surface area contributed by atoms with E-state index in [-0.39, 0.29) is 11.7 Å². The molecule has 1 aliphatic heterocycles. The highest BCUT2D eigenvalue weighted by Gasteiger charge is 2.24. The highest BCUT2D eigenvalue weighted by molar-refractivity contribution is 5.46. The maximum absolute atomic E-state index is 12.3. The van der Waals surface area contributed by atoms with Crippen molar-refractivity contribution >= 4 is 5.65 Å². The lowest BCUT2D eigenvalue weighted by Gasteiger charge is -2.40. The van der Waals surface area contributed by atoms with Gasteiger partial charge in [0.2, 0.25) is 0 Å². The van der Waals surface area contributed by atoms with Crippen molar-refractivity contribution in [3.05, 3.63) is 46.0 Å². The lowest BCUT2D eigenvalue weighted by atomic mass is 10.1. The molecule has 3 rings (SSSR count). The molecule has 2 aromatic heterocycles. The summed E-state index contributed by atoms with van der Waals surface area (Å²) in [6, 6.07) is 5.87. The summed E-state index contributed by atoms with van der Waals surface area (Å²) >= 11 is 0. The van der Waals surface area contributed by atoms with Gasteiger partial charge in [-0.25, -0.2) is 4.98 Å². The molecule has 0 saturated carbocycles. The molecule has 1 N–H and O–H groups in total. The molecule has 24 heavy (non-hydrogen) atoms. The lowest BCUT2D eigenvalue weighted by molar-refractivity contribution is 0.0418. The van der Waals surface area contributed by atoms with Crippen molar-refractivity contribution < 1.29 is 5.11 Å². The van der Waals surface area contributed by atoms with Crippen molar-refractivity contribution in [1.29, 1.82) is 0 Å². The molecule has 0 aromatic carbocycles. The van der Waals surface area contributed by atoms with Gasteiger partial charge in [-0.15, -0.1) is 0 Å². The first-order valence-electron chi connectivity index (χ1n) is 8.56. The molecule has 2 aromatic rings. The highest BCUT2D eigenvalue weighted by atomic mass is 16.3. The Balaban J connectivity index is 1.74. The number of pyridine rings is 1. The number of hydrogen-bond acceptors (Lipinski definition) is 5. The van der Waals surface area contributed by atoms with Gasteiger partial charge in [0.15, 0.2) is 0 Å². The average molecular weight is 330 g/mol. The van der Waals surface area contributed by atoms with Gasteiger partial charge in [0, 0.05) is 51.0 Å². The summed E-state index contributed by atoms with van der Waals surface area (Å²) in [5.41, 5.74) is 2.54. The van der Waals surface area contributed by atoms with Crippen LogP contribution >= 0.6 is 0 Å². The standard InChI is InChI=1S/C18H26N4O2/c1-13-5-4-6-22-17(24)9-16(19-18(13)22)12-20-7-8-21(11-15(3)23)14(2)10-20/h4-6,9,14-15,23H,7-8,10-12H2,1-3H3. The fourth-order valence-corrected chi connectivity index (χ4v) is 3.44. The molecule has 2 unspecified atom stereocenters. The van der Waals surface area contributed by atoms with E-state index in [0.717, 1.165) is 36.5 Å². The molecule has 0 spiro atoms. The summed E-state index contributed by atoms with van der Waals surface area (Å²) in [6.07, 6.45) is 1.46. The quantitative estimate of drug-likeness (QED) is 0.902. The number of hydrogen-bond donors (Lipinski definition) is 1. The van der Waals surface area contributed by atoms with Crippen molar-refractivity contribution in [2.75, 3.05) is 26.2 Å². The largest absolute Gasteiger partial charge is 0.392 e. The monoisotopic (exact) mass is 330 g/mol. The van der Waals surface area contributed by atoms with Gasteiger partial charge in [-0.2, -0.15) is 0 Å². The van der Waals surface area contributed by atoms with Crippen LogP contribution in [0, 0.1) is 6.92 Å². The number of fused-ring (bicyclic) bond motifs is 1. The van der Waals surface area contributed by atoms with Gasteiger partial charge in [-0.3, -0.25) is 19.0 Å². The van der Waals surface area contributed by atoms with Gasteiger partial charge in [-0.05, 0) is 32.4 Å². The summed E-state index contributed by atoms with van der Waals surface area (Å²) < 4.78 is 1.60. The molecule has 6 heteroatoms. The summed E-state index contributed by atoms with van der Waals surface area (Å²) in [5, 5.41) is 9.58. The van der Waals surface area contributed by atoms with Gasteiger partial charge in [0.05, 0.1) is 11.8 Å². The van der Waals surface area contributed by atoms with E-state index in [1.54, 1.807) is 16.7 Å². The fourth-order valence-electron chi connectivity index (χ4n) is 3.44. The topological polar surface area (TPSA) is 61.1 Å². The van der Waals surface area contributed by atoms with Crippen molar-refractivity contribution in [2.45, 2.75) is 39.5 Å². The number of aliphatic hydroxyl groups is 1. The van der Waals surface area contributed by atoms with Crippen LogP contribution in [-0.2, 0) is 6.54 Å². The van der Waals surface area contributed by atoms with Crippen molar-refractivity contribution in [3.8, 4) is 0 Å². The summed E-state index contributed by atoms with van der Waals surface area (Å²) in [5.74, 6) is 0. The molecule has 2 atom stereocenters. The Morgan fingerprint density at radius 2 is 2.21 bits per heavy atom. The smallest absolute Gasteiger partial charge is 0.258 e. The Hall–Kier alpha value is -1.76. The lowest BCUT2D eigenvalue weighted by Crippen LogP contribution is -2.53. The first kappa shape index (κ1) is 17.1. The predicted molar refractivity (Wildman–Crippen MR) is 94.2 cm³/mol. The molecule has 0 radical (unpaired) electrons. The number of aromatic nitrogens is 2. The molecule has 130 valence electrons. The highest BCUT2D eigenvalue weighted by Crippen LogP contribution is 2.13. The molecule has 1 saturated heterocycles. The summed E-state index contributed by atoms with van der Waals surface area (Å²) in [4.78, 5) is 21.6. The SMILES string of the molecule is Cc1cccn2c(=O)cc(CN3CCN(CC(C)O)C(C)C3)nc12. The van der Waals surface area contributed by atoms with Crippen molar-refractivity contribution in [1.82, 2.24) is 19.2 Å². The number of aryl methyl sites for hydroxylation is 1. The normalized spacial score (nSPS) is 21.2. The van der Waals surface area contributed by atoms with E-state index in [4.69, 9.17) is 0 Å². The minimum absolute atomic E-state index is 0.0283. The van der Waals surface area contributed by atoms with Crippen LogP contribution < -0.4 is 5.56 Å². The van der Waals surface area contributed by atoms with Gasteiger partial charge in [0.1, 0.15) is 5.65 Å². The van der Waals surface area contributed by atoms with Crippen molar-refractivity contribution in [3.63, 3.8) is 0 Å². The molecular weight excluding hydrogens is 304 g/mol. The molecule has 1 fully saturated rings. The number of aliphatic hydroxyl groups excluding tert-OH is 1. The van der Waals surface area contributed by atoms with E-state index in [2.05, 4.69) is 21.7 Å². The van der Waals surface area contributed by atoms with Crippen molar-refractivity contribution in [2.24, 2.45) is 0 Å². The number of nitrogens with zero attached hydrogens (tertiary/aromatic N) is 4. The minimum Gasteiger partial charge on any atom is -0.392 e. The van der Waals surface area contributed by atoms with Gasteiger partial charge in [0.25, 0.3) is 5.56 Å². The summed E-state index contributed by atoms with van der Waals surface area (Å²) in [6.45, 7) is 10.2. The molecule has 6 nitrogen and oxygen atoms in total. The second kappa shape index (κ2) is 7.01. The number of β-amino-alcohol motifs (C(OH)–C–C–N with tert-alkyl or cyclic N) is 1. The van der Waals surface area contributed by atoms with Gasteiger partial charge in [-0.1, -0.05) is 6.07 Å². The Labute approximate surface area is 142 Å². The summed E-state index contributed by atoms with van der Waals surface area (Å²) in [7, 11) is 0. The van der Waals surface area contributed by atoms with Gasteiger partial charge < -0.3 is 5.11 Å².